The SMILES string of the molecule is CSc1ccc(N2CC(C(=O)Nc3cnc(-c4cccc(O)c4)nc3)CC2=O)cc1. The Bertz CT molecular complexity index is 1070. The van der Waals surface area contributed by atoms with Crippen LogP contribution >= 0.6 is 11.8 Å². The van der Waals surface area contributed by atoms with Gasteiger partial charge in [0.1, 0.15) is 5.75 Å². The second-order valence-corrected chi connectivity index (χ2v) is 7.82. The number of anilines is 2. The van der Waals surface area contributed by atoms with Crippen LogP contribution in [-0.4, -0.2) is 39.7 Å². The van der Waals surface area contributed by atoms with Gasteiger partial charge in [-0.3, -0.25) is 9.59 Å². The number of amides is 2. The Balaban J connectivity index is 1.40. The van der Waals surface area contributed by atoms with Crippen LogP contribution in [0.1, 0.15) is 6.42 Å². The first kappa shape index (κ1) is 19.9. The van der Waals surface area contributed by atoms with Gasteiger partial charge in [-0.15, -0.1) is 11.8 Å². The van der Waals surface area contributed by atoms with E-state index in [9.17, 15) is 14.7 Å². The van der Waals surface area contributed by atoms with Crippen LogP contribution in [0.15, 0.2) is 65.8 Å². The number of aromatic nitrogens is 2. The zero-order valence-corrected chi connectivity index (χ0v) is 17.1. The first-order valence-corrected chi connectivity index (χ1v) is 10.6. The normalized spacial score (nSPS) is 16.0. The van der Waals surface area contributed by atoms with E-state index in [2.05, 4.69) is 15.3 Å². The third kappa shape index (κ3) is 4.28. The average Bonchev–Trinajstić information content (AvgIpc) is 3.16. The fourth-order valence-electron chi connectivity index (χ4n) is 3.33. The van der Waals surface area contributed by atoms with Crippen LogP contribution in [0.3, 0.4) is 0 Å². The summed E-state index contributed by atoms with van der Waals surface area (Å²) in [6.45, 7) is 0.339. The third-order valence-corrected chi connectivity index (χ3v) is 5.65. The van der Waals surface area contributed by atoms with Crippen molar-refractivity contribution in [2.24, 2.45) is 5.92 Å². The molecular formula is C22H20N4O3S. The summed E-state index contributed by atoms with van der Waals surface area (Å²) in [6.07, 6.45) is 5.19. The van der Waals surface area contributed by atoms with E-state index < -0.39 is 5.92 Å². The van der Waals surface area contributed by atoms with Gasteiger partial charge in [0.05, 0.1) is 24.0 Å². The molecule has 7 nitrogen and oxygen atoms in total. The van der Waals surface area contributed by atoms with Crippen molar-refractivity contribution in [2.45, 2.75) is 11.3 Å². The van der Waals surface area contributed by atoms with Crippen molar-refractivity contribution in [3.8, 4) is 17.1 Å². The molecule has 152 valence electrons. The first-order chi connectivity index (χ1) is 14.5. The van der Waals surface area contributed by atoms with Gasteiger partial charge in [0.25, 0.3) is 0 Å². The van der Waals surface area contributed by atoms with Gasteiger partial charge >= 0.3 is 0 Å². The highest BCUT2D eigenvalue weighted by atomic mass is 32.2. The number of hydrogen-bond acceptors (Lipinski definition) is 6. The molecule has 1 aromatic heterocycles. The van der Waals surface area contributed by atoms with Gasteiger partial charge in [0, 0.05) is 29.1 Å². The second-order valence-electron chi connectivity index (χ2n) is 6.94. The number of phenolic OH excluding ortho intramolecular Hbond substituents is 1. The summed E-state index contributed by atoms with van der Waals surface area (Å²) in [5.74, 6) is -0.168. The molecule has 2 heterocycles. The molecule has 0 radical (unpaired) electrons. The minimum atomic E-state index is -0.441. The number of aromatic hydroxyl groups is 1. The lowest BCUT2D eigenvalue weighted by Gasteiger charge is -2.17. The molecule has 1 atom stereocenters. The number of rotatable bonds is 5. The van der Waals surface area contributed by atoms with E-state index in [0.29, 0.717) is 23.6 Å². The zero-order valence-electron chi connectivity index (χ0n) is 16.3. The Morgan fingerprint density at radius 1 is 1.17 bits per heavy atom. The van der Waals surface area contributed by atoms with E-state index in [1.165, 1.54) is 12.4 Å². The molecule has 2 aromatic carbocycles. The molecule has 4 rings (SSSR count). The summed E-state index contributed by atoms with van der Waals surface area (Å²) in [5.41, 5.74) is 1.93. The number of carbonyl (C=O) groups excluding carboxylic acids is 2. The Morgan fingerprint density at radius 3 is 2.57 bits per heavy atom. The molecule has 3 aromatic rings. The average molecular weight is 420 g/mol. The topological polar surface area (TPSA) is 95.4 Å². The minimum Gasteiger partial charge on any atom is -0.508 e. The molecule has 1 unspecified atom stereocenters. The number of benzene rings is 2. The molecule has 0 spiro atoms. The summed E-state index contributed by atoms with van der Waals surface area (Å²) in [6, 6.07) is 14.4. The van der Waals surface area contributed by atoms with Crippen LogP contribution in [0.2, 0.25) is 0 Å². The Labute approximate surface area is 178 Å². The van der Waals surface area contributed by atoms with Gasteiger partial charge in [-0.25, -0.2) is 9.97 Å². The molecule has 0 aliphatic carbocycles. The van der Waals surface area contributed by atoms with Crippen molar-refractivity contribution in [3.63, 3.8) is 0 Å². The fraction of sp³-hybridized carbons (Fsp3) is 0.182. The van der Waals surface area contributed by atoms with E-state index in [-0.39, 0.29) is 24.0 Å². The van der Waals surface area contributed by atoms with E-state index in [4.69, 9.17) is 0 Å². The van der Waals surface area contributed by atoms with Gasteiger partial charge in [-0.1, -0.05) is 12.1 Å². The van der Waals surface area contributed by atoms with Crippen molar-refractivity contribution in [2.75, 3.05) is 23.0 Å². The van der Waals surface area contributed by atoms with Crippen LogP contribution < -0.4 is 10.2 Å². The van der Waals surface area contributed by atoms with Crippen molar-refractivity contribution in [1.29, 1.82) is 0 Å². The van der Waals surface area contributed by atoms with E-state index in [1.54, 1.807) is 40.9 Å². The maximum Gasteiger partial charge on any atom is 0.229 e. The Morgan fingerprint density at radius 2 is 1.90 bits per heavy atom. The molecule has 2 amide bonds. The molecular weight excluding hydrogens is 400 g/mol. The van der Waals surface area contributed by atoms with E-state index in [1.807, 2.05) is 30.5 Å². The summed E-state index contributed by atoms with van der Waals surface area (Å²) >= 11 is 1.64. The van der Waals surface area contributed by atoms with Gasteiger partial charge in [0.2, 0.25) is 11.8 Å². The van der Waals surface area contributed by atoms with E-state index >= 15 is 0 Å². The highest BCUT2D eigenvalue weighted by Crippen LogP contribution is 2.28. The molecule has 8 heteroatoms. The van der Waals surface area contributed by atoms with Crippen LogP contribution in [0, 0.1) is 5.92 Å². The number of thioether (sulfide) groups is 1. The third-order valence-electron chi connectivity index (χ3n) is 4.90. The highest BCUT2D eigenvalue weighted by Gasteiger charge is 2.35. The molecule has 0 saturated carbocycles. The lowest BCUT2D eigenvalue weighted by atomic mass is 10.1. The number of nitrogens with zero attached hydrogens (tertiary/aromatic N) is 3. The van der Waals surface area contributed by atoms with Crippen LogP contribution in [0.25, 0.3) is 11.4 Å². The first-order valence-electron chi connectivity index (χ1n) is 9.40. The molecule has 0 bridgehead atoms. The van der Waals surface area contributed by atoms with Crippen molar-refractivity contribution in [3.05, 3.63) is 60.9 Å². The van der Waals surface area contributed by atoms with Crippen LogP contribution in [0.4, 0.5) is 11.4 Å². The summed E-state index contributed by atoms with van der Waals surface area (Å²) in [5, 5.41) is 12.4. The largest absolute Gasteiger partial charge is 0.508 e. The van der Waals surface area contributed by atoms with Gasteiger partial charge in [0.15, 0.2) is 5.82 Å². The standard InChI is InChI=1S/C22H20N4O3S/c1-30-19-7-5-17(6-8-19)26-13-15(10-20(26)28)22(29)25-16-11-23-21(24-12-16)14-3-2-4-18(27)9-14/h2-9,11-12,15,27H,10,13H2,1H3,(H,25,29). The Kier molecular flexibility index (Phi) is 5.67. The number of hydrogen-bond donors (Lipinski definition) is 2. The zero-order chi connectivity index (χ0) is 21.1. The fourth-order valence-corrected chi connectivity index (χ4v) is 3.73. The Hall–Kier alpha value is -3.39. The summed E-state index contributed by atoms with van der Waals surface area (Å²) in [7, 11) is 0. The predicted molar refractivity (Wildman–Crippen MR) is 116 cm³/mol. The minimum absolute atomic E-state index is 0.0671. The van der Waals surface area contributed by atoms with Gasteiger partial charge in [-0.2, -0.15) is 0 Å². The maximum absolute atomic E-state index is 12.7. The quantitative estimate of drug-likeness (QED) is 0.613. The van der Waals surface area contributed by atoms with Crippen molar-refractivity contribution < 1.29 is 14.7 Å². The number of phenols is 1. The van der Waals surface area contributed by atoms with Crippen LogP contribution in [0.5, 0.6) is 5.75 Å². The molecule has 2 N–H and O–H groups in total. The molecule has 1 saturated heterocycles. The summed E-state index contributed by atoms with van der Waals surface area (Å²) in [4.78, 5) is 36.3. The number of nitrogens with one attached hydrogen (secondary N) is 1. The van der Waals surface area contributed by atoms with Crippen molar-refractivity contribution >= 4 is 35.0 Å². The smallest absolute Gasteiger partial charge is 0.229 e. The summed E-state index contributed by atoms with van der Waals surface area (Å²) < 4.78 is 0. The van der Waals surface area contributed by atoms with Crippen molar-refractivity contribution in [1.82, 2.24) is 9.97 Å². The predicted octanol–water partition coefficient (Wildman–Crippen LogP) is 3.56. The molecule has 30 heavy (non-hydrogen) atoms. The molecule has 1 fully saturated rings. The molecule has 1 aliphatic heterocycles. The lowest BCUT2D eigenvalue weighted by molar-refractivity contribution is -0.122. The lowest BCUT2D eigenvalue weighted by Crippen LogP contribution is -2.28. The van der Waals surface area contributed by atoms with E-state index in [0.717, 1.165) is 10.6 Å². The monoisotopic (exact) mass is 420 g/mol. The highest BCUT2D eigenvalue weighted by molar-refractivity contribution is 7.98. The van der Waals surface area contributed by atoms with Crippen LogP contribution in [-0.2, 0) is 9.59 Å². The number of carbonyl (C=O) groups is 2. The van der Waals surface area contributed by atoms with Gasteiger partial charge < -0.3 is 15.3 Å². The maximum atomic E-state index is 12.7. The second kappa shape index (κ2) is 8.54. The van der Waals surface area contributed by atoms with Gasteiger partial charge in [-0.05, 0) is 42.7 Å². The molecule has 1 aliphatic rings.